The van der Waals surface area contributed by atoms with Gasteiger partial charge in [0.1, 0.15) is 5.69 Å². The summed E-state index contributed by atoms with van der Waals surface area (Å²) < 4.78 is 12.3. The molecule has 0 bridgehead atoms. The lowest BCUT2D eigenvalue weighted by atomic mass is 9.99. The normalized spacial score (nSPS) is 14.6. The van der Waals surface area contributed by atoms with Crippen molar-refractivity contribution in [3.05, 3.63) is 100.0 Å². The summed E-state index contributed by atoms with van der Waals surface area (Å²) in [6.45, 7) is 8.54. The number of carbonyl (C=O) groups is 3. The van der Waals surface area contributed by atoms with Crippen molar-refractivity contribution in [1.82, 2.24) is 9.47 Å². The first-order valence-corrected chi connectivity index (χ1v) is 16.8. The molecule has 3 N–H and O–H groups in total. The first-order valence-electron chi connectivity index (χ1n) is 16.8. The van der Waals surface area contributed by atoms with Crippen LogP contribution in [0.3, 0.4) is 0 Å². The average Bonchev–Trinajstić information content (AvgIpc) is 3.15. The van der Waals surface area contributed by atoms with Crippen molar-refractivity contribution in [3.63, 3.8) is 0 Å². The number of nitrogens with zero attached hydrogens (tertiary/aromatic N) is 3. The van der Waals surface area contributed by atoms with Crippen molar-refractivity contribution in [2.45, 2.75) is 20.3 Å². The zero-order valence-electron chi connectivity index (χ0n) is 28.6. The predicted octanol–water partition coefficient (Wildman–Crippen LogP) is 5.01. The van der Waals surface area contributed by atoms with E-state index in [1.807, 2.05) is 49.4 Å². The van der Waals surface area contributed by atoms with E-state index in [0.29, 0.717) is 73.4 Å². The van der Waals surface area contributed by atoms with Crippen LogP contribution < -0.4 is 26.4 Å². The summed E-state index contributed by atoms with van der Waals surface area (Å²) in [5, 5.41) is 9.10. The highest BCUT2D eigenvalue weighted by atomic mass is 16.5. The number of amides is 3. The maximum atomic E-state index is 13.4. The van der Waals surface area contributed by atoms with Crippen LogP contribution in [0.1, 0.15) is 39.6 Å². The molecule has 3 heterocycles. The Bertz CT molecular complexity index is 1940. The van der Waals surface area contributed by atoms with Gasteiger partial charge in [0.2, 0.25) is 5.91 Å². The summed E-state index contributed by atoms with van der Waals surface area (Å²) in [5.41, 5.74) is 6.00. The summed E-state index contributed by atoms with van der Waals surface area (Å²) >= 11 is 0. The molecule has 3 amide bonds. The lowest BCUT2D eigenvalue weighted by molar-refractivity contribution is -0.115. The SMILES string of the molecule is CCC(=O)Nc1cc(Nc2cc(-c3cccc(NC(=O)c4ccc(N5CCOCC5)cc4)c3C)cn(C)c2=O)ccc1C(=O)N1CCOCC1. The van der Waals surface area contributed by atoms with Gasteiger partial charge in [-0.2, -0.15) is 0 Å². The summed E-state index contributed by atoms with van der Waals surface area (Å²) in [6.07, 6.45) is 1.99. The van der Waals surface area contributed by atoms with Gasteiger partial charge in [-0.15, -0.1) is 0 Å². The van der Waals surface area contributed by atoms with Crippen molar-refractivity contribution in [2.24, 2.45) is 7.05 Å². The molecule has 0 unspecified atom stereocenters. The van der Waals surface area contributed by atoms with Gasteiger partial charge in [-0.1, -0.05) is 19.1 Å². The van der Waals surface area contributed by atoms with Gasteiger partial charge < -0.3 is 39.8 Å². The lowest BCUT2D eigenvalue weighted by Gasteiger charge is -2.28. The number of anilines is 5. The number of carbonyl (C=O) groups excluding carboxylic acids is 3. The molecule has 2 fully saturated rings. The Morgan fingerprint density at radius 2 is 1.50 bits per heavy atom. The number of rotatable bonds is 9. The van der Waals surface area contributed by atoms with Crippen LogP contribution in [-0.4, -0.2) is 79.8 Å². The summed E-state index contributed by atoms with van der Waals surface area (Å²) in [6, 6.07) is 20.0. The smallest absolute Gasteiger partial charge is 0.274 e. The fraction of sp³-hybridized carbons (Fsp3) is 0.316. The summed E-state index contributed by atoms with van der Waals surface area (Å²) in [4.78, 5) is 56.3. The van der Waals surface area contributed by atoms with E-state index in [2.05, 4.69) is 20.9 Å². The molecule has 12 nitrogen and oxygen atoms in total. The van der Waals surface area contributed by atoms with E-state index < -0.39 is 0 Å². The molecule has 3 aromatic carbocycles. The van der Waals surface area contributed by atoms with Crippen LogP contribution in [0.25, 0.3) is 11.1 Å². The third kappa shape index (κ3) is 7.72. The maximum Gasteiger partial charge on any atom is 0.274 e. The van der Waals surface area contributed by atoms with Crippen LogP contribution in [0.2, 0.25) is 0 Å². The largest absolute Gasteiger partial charge is 0.378 e. The first kappa shape index (κ1) is 34.4. The lowest BCUT2D eigenvalue weighted by Crippen LogP contribution is -2.41. The van der Waals surface area contributed by atoms with Gasteiger partial charge in [0.15, 0.2) is 0 Å². The standard InChI is InChI=1S/C38H42N6O6/c1-4-35(45)40-33-23-28(10-13-31(33)37(47)44-16-20-50-21-17-44)39-34-22-27(24-42(3)38(34)48)30-6-5-7-32(25(30)2)41-36(46)26-8-11-29(12-9-26)43-14-18-49-19-15-43/h5-13,22-24,39H,4,14-21H2,1-3H3,(H,40,45)(H,41,46). The second-order valence-electron chi connectivity index (χ2n) is 12.3. The van der Waals surface area contributed by atoms with E-state index in [0.717, 1.165) is 35.5 Å². The van der Waals surface area contributed by atoms with Crippen molar-refractivity contribution in [1.29, 1.82) is 0 Å². The Morgan fingerprint density at radius 1 is 0.800 bits per heavy atom. The van der Waals surface area contributed by atoms with Crippen molar-refractivity contribution >= 4 is 46.2 Å². The molecule has 6 rings (SSSR count). The molecule has 260 valence electrons. The number of hydrogen-bond acceptors (Lipinski definition) is 8. The minimum absolute atomic E-state index is 0.198. The second-order valence-corrected chi connectivity index (χ2v) is 12.3. The van der Waals surface area contributed by atoms with Crippen LogP contribution >= 0.6 is 0 Å². The summed E-state index contributed by atoms with van der Waals surface area (Å²) in [5.74, 6) is -0.650. The number of nitrogens with one attached hydrogen (secondary N) is 3. The molecule has 50 heavy (non-hydrogen) atoms. The topological polar surface area (TPSA) is 134 Å². The quantitative estimate of drug-likeness (QED) is 0.225. The summed E-state index contributed by atoms with van der Waals surface area (Å²) in [7, 11) is 1.68. The number of benzene rings is 3. The number of aryl methyl sites for hydroxylation is 1. The zero-order valence-corrected chi connectivity index (χ0v) is 28.6. The highest BCUT2D eigenvalue weighted by molar-refractivity contribution is 6.06. The van der Waals surface area contributed by atoms with E-state index in [1.54, 1.807) is 49.3 Å². The van der Waals surface area contributed by atoms with Gasteiger partial charge in [0, 0.05) is 74.0 Å². The van der Waals surface area contributed by atoms with Crippen LogP contribution in [0, 0.1) is 6.92 Å². The van der Waals surface area contributed by atoms with E-state index in [4.69, 9.17) is 9.47 Å². The van der Waals surface area contributed by atoms with Crippen LogP contribution in [0.4, 0.5) is 28.4 Å². The fourth-order valence-corrected chi connectivity index (χ4v) is 6.11. The molecule has 0 aliphatic carbocycles. The Balaban J connectivity index is 1.24. The molecule has 2 saturated heterocycles. The molecule has 0 atom stereocenters. The third-order valence-corrected chi connectivity index (χ3v) is 9.00. The van der Waals surface area contributed by atoms with Crippen molar-refractivity contribution in [3.8, 4) is 11.1 Å². The Hall–Kier alpha value is -5.46. The molecule has 2 aliphatic heterocycles. The maximum absolute atomic E-state index is 13.4. The molecule has 2 aliphatic rings. The Labute approximate surface area is 291 Å². The van der Waals surface area contributed by atoms with Crippen LogP contribution in [-0.2, 0) is 21.3 Å². The molecule has 0 spiro atoms. The third-order valence-electron chi connectivity index (χ3n) is 9.00. The van der Waals surface area contributed by atoms with Gasteiger partial charge in [0.05, 0.1) is 37.7 Å². The van der Waals surface area contributed by atoms with Gasteiger partial charge in [-0.05, 0) is 72.6 Å². The Morgan fingerprint density at radius 3 is 2.20 bits per heavy atom. The van der Waals surface area contributed by atoms with Crippen molar-refractivity contribution < 1.29 is 23.9 Å². The molecule has 12 heteroatoms. The molecule has 0 saturated carbocycles. The number of ether oxygens (including phenoxy) is 2. The second kappa shape index (κ2) is 15.4. The predicted molar refractivity (Wildman–Crippen MR) is 195 cm³/mol. The molecular formula is C38H42N6O6. The fourth-order valence-electron chi connectivity index (χ4n) is 6.11. The molecule has 4 aromatic rings. The first-order chi connectivity index (χ1) is 24.2. The Kier molecular flexibility index (Phi) is 10.6. The van der Waals surface area contributed by atoms with Gasteiger partial charge in [-0.25, -0.2) is 0 Å². The van der Waals surface area contributed by atoms with E-state index >= 15 is 0 Å². The molecular weight excluding hydrogens is 636 g/mol. The minimum atomic E-state index is -0.260. The zero-order chi connectivity index (χ0) is 35.2. The average molecular weight is 679 g/mol. The van der Waals surface area contributed by atoms with E-state index in [1.165, 1.54) is 4.57 Å². The van der Waals surface area contributed by atoms with Gasteiger partial charge in [0.25, 0.3) is 17.4 Å². The van der Waals surface area contributed by atoms with E-state index in [9.17, 15) is 19.2 Å². The number of hydrogen-bond donors (Lipinski definition) is 3. The van der Waals surface area contributed by atoms with Gasteiger partial charge >= 0.3 is 0 Å². The van der Waals surface area contributed by atoms with E-state index in [-0.39, 0.29) is 29.7 Å². The minimum Gasteiger partial charge on any atom is -0.378 e. The number of morpholine rings is 2. The highest BCUT2D eigenvalue weighted by Crippen LogP contribution is 2.31. The van der Waals surface area contributed by atoms with Crippen molar-refractivity contribution in [2.75, 3.05) is 73.5 Å². The highest BCUT2D eigenvalue weighted by Gasteiger charge is 2.23. The molecule has 1 aromatic heterocycles. The number of aromatic nitrogens is 1. The number of pyridine rings is 1. The molecule has 0 radical (unpaired) electrons. The van der Waals surface area contributed by atoms with Crippen LogP contribution in [0.15, 0.2) is 77.7 Å². The van der Waals surface area contributed by atoms with Crippen LogP contribution in [0.5, 0.6) is 0 Å². The monoisotopic (exact) mass is 678 g/mol. The van der Waals surface area contributed by atoms with Gasteiger partial charge in [-0.3, -0.25) is 19.2 Å².